The summed E-state index contributed by atoms with van der Waals surface area (Å²) in [5, 5.41) is 10.3. The number of aryl methyl sites for hydroxylation is 1. The quantitative estimate of drug-likeness (QED) is 0.677. The van der Waals surface area contributed by atoms with Crippen LogP contribution in [0.25, 0.3) is 0 Å². The molecule has 0 saturated carbocycles. The molecule has 1 heterocycles. The second-order valence-electron chi connectivity index (χ2n) is 3.36. The van der Waals surface area contributed by atoms with Crippen LogP contribution in [0.15, 0.2) is 10.6 Å². The fraction of sp³-hybridized carbons (Fsp3) is 0.667. The van der Waals surface area contributed by atoms with Gasteiger partial charge in [-0.3, -0.25) is 0 Å². The largest absolute Gasteiger partial charge is 0.366 e. The number of rotatable bonds is 5. The molecule has 0 fully saturated rings. The lowest BCUT2D eigenvalue weighted by molar-refractivity contribution is 0.399. The smallest absolute Gasteiger partial charge is 0.169 e. The zero-order valence-corrected chi connectivity index (χ0v) is 8.42. The lowest BCUT2D eigenvalue weighted by atomic mass is 10.4. The molecule has 1 aromatic rings. The molecule has 0 aromatic carbocycles. The second kappa shape index (κ2) is 4.87. The van der Waals surface area contributed by atoms with Crippen molar-refractivity contribution in [2.75, 3.05) is 18.4 Å². The lowest BCUT2D eigenvalue weighted by Crippen LogP contribution is -2.28. The molecule has 1 rings (SSSR count). The van der Waals surface area contributed by atoms with Gasteiger partial charge in [0.1, 0.15) is 5.76 Å². The maximum absolute atomic E-state index is 4.91. The van der Waals surface area contributed by atoms with Crippen LogP contribution in [0.2, 0.25) is 0 Å². The Balaban J connectivity index is 2.13. The first-order valence-corrected chi connectivity index (χ1v) is 4.59. The van der Waals surface area contributed by atoms with E-state index in [2.05, 4.69) is 29.6 Å². The van der Waals surface area contributed by atoms with E-state index in [1.54, 1.807) is 0 Å². The highest BCUT2D eigenvalue weighted by molar-refractivity contribution is 5.33. The molecule has 1 aromatic heterocycles. The standard InChI is InChI=1S/C9H17N3O/c1-7(2)10-4-5-11-9-6-8(3)13-12-9/h6-7,10H,4-5H2,1-3H3,(H,11,12). The van der Waals surface area contributed by atoms with Crippen LogP contribution < -0.4 is 10.6 Å². The molecule has 0 unspecified atom stereocenters. The van der Waals surface area contributed by atoms with Crippen molar-refractivity contribution in [3.05, 3.63) is 11.8 Å². The summed E-state index contributed by atoms with van der Waals surface area (Å²) in [6, 6.07) is 2.41. The van der Waals surface area contributed by atoms with E-state index >= 15 is 0 Å². The SMILES string of the molecule is Cc1cc(NCCNC(C)C)no1. The van der Waals surface area contributed by atoms with Crippen molar-refractivity contribution in [2.45, 2.75) is 26.8 Å². The van der Waals surface area contributed by atoms with Crippen molar-refractivity contribution in [3.63, 3.8) is 0 Å². The van der Waals surface area contributed by atoms with Gasteiger partial charge in [-0.05, 0) is 6.92 Å². The van der Waals surface area contributed by atoms with Crippen LogP contribution in [0.1, 0.15) is 19.6 Å². The zero-order chi connectivity index (χ0) is 9.68. The van der Waals surface area contributed by atoms with E-state index in [4.69, 9.17) is 4.52 Å². The maximum Gasteiger partial charge on any atom is 0.169 e. The third-order valence-corrected chi connectivity index (χ3v) is 1.61. The van der Waals surface area contributed by atoms with E-state index in [0.717, 1.165) is 24.7 Å². The van der Waals surface area contributed by atoms with Crippen molar-refractivity contribution >= 4 is 5.82 Å². The molecule has 4 nitrogen and oxygen atoms in total. The summed E-state index contributed by atoms with van der Waals surface area (Å²) >= 11 is 0. The first-order chi connectivity index (χ1) is 6.18. The van der Waals surface area contributed by atoms with Crippen LogP contribution in [0.5, 0.6) is 0 Å². The topological polar surface area (TPSA) is 50.1 Å². The summed E-state index contributed by atoms with van der Waals surface area (Å²) in [4.78, 5) is 0. The average molecular weight is 183 g/mol. The molecule has 0 bridgehead atoms. The van der Waals surface area contributed by atoms with Crippen LogP contribution in [-0.2, 0) is 0 Å². The molecule has 2 N–H and O–H groups in total. The molecule has 0 amide bonds. The predicted octanol–water partition coefficient (Wildman–Crippen LogP) is 1.39. The average Bonchev–Trinajstić information content (AvgIpc) is 2.45. The van der Waals surface area contributed by atoms with Crippen LogP contribution in [0, 0.1) is 6.92 Å². The molecule has 0 saturated heterocycles. The van der Waals surface area contributed by atoms with Crippen molar-refractivity contribution in [1.29, 1.82) is 0 Å². The van der Waals surface area contributed by atoms with E-state index in [-0.39, 0.29) is 0 Å². The van der Waals surface area contributed by atoms with Gasteiger partial charge >= 0.3 is 0 Å². The number of nitrogens with one attached hydrogen (secondary N) is 2. The number of hydrogen-bond donors (Lipinski definition) is 2. The first-order valence-electron chi connectivity index (χ1n) is 4.59. The third-order valence-electron chi connectivity index (χ3n) is 1.61. The first kappa shape index (κ1) is 10.1. The van der Waals surface area contributed by atoms with Gasteiger partial charge in [-0.25, -0.2) is 0 Å². The minimum absolute atomic E-state index is 0.529. The molecule has 13 heavy (non-hydrogen) atoms. The minimum atomic E-state index is 0.529. The van der Waals surface area contributed by atoms with Gasteiger partial charge in [-0.2, -0.15) is 0 Å². The Morgan fingerprint density at radius 1 is 1.46 bits per heavy atom. The highest BCUT2D eigenvalue weighted by atomic mass is 16.5. The van der Waals surface area contributed by atoms with Gasteiger partial charge < -0.3 is 15.2 Å². The van der Waals surface area contributed by atoms with E-state index < -0.39 is 0 Å². The molecule has 4 heteroatoms. The van der Waals surface area contributed by atoms with Gasteiger partial charge in [0, 0.05) is 25.2 Å². The monoisotopic (exact) mass is 183 g/mol. The zero-order valence-electron chi connectivity index (χ0n) is 8.42. The Kier molecular flexibility index (Phi) is 3.76. The van der Waals surface area contributed by atoms with Crippen molar-refractivity contribution in [2.24, 2.45) is 0 Å². The van der Waals surface area contributed by atoms with E-state index in [1.807, 2.05) is 13.0 Å². The summed E-state index contributed by atoms with van der Waals surface area (Å²) in [6.45, 7) is 7.93. The number of anilines is 1. The third kappa shape index (κ3) is 3.94. The van der Waals surface area contributed by atoms with E-state index in [1.165, 1.54) is 0 Å². The molecule has 0 aliphatic heterocycles. The van der Waals surface area contributed by atoms with Crippen LogP contribution in [0.3, 0.4) is 0 Å². The number of nitrogens with zero attached hydrogens (tertiary/aromatic N) is 1. The molecule has 0 aliphatic rings. The summed E-state index contributed by atoms with van der Waals surface area (Å²) in [5.74, 6) is 1.64. The molecular weight excluding hydrogens is 166 g/mol. The van der Waals surface area contributed by atoms with Crippen LogP contribution in [0.4, 0.5) is 5.82 Å². The summed E-state index contributed by atoms with van der Waals surface area (Å²) < 4.78 is 4.91. The molecule has 0 spiro atoms. The number of aromatic nitrogens is 1. The summed E-state index contributed by atoms with van der Waals surface area (Å²) in [6.07, 6.45) is 0. The summed E-state index contributed by atoms with van der Waals surface area (Å²) in [7, 11) is 0. The maximum atomic E-state index is 4.91. The summed E-state index contributed by atoms with van der Waals surface area (Å²) in [5.41, 5.74) is 0. The van der Waals surface area contributed by atoms with Crippen molar-refractivity contribution < 1.29 is 4.52 Å². The molecule has 74 valence electrons. The van der Waals surface area contributed by atoms with Crippen LogP contribution in [-0.4, -0.2) is 24.3 Å². The molecule has 0 aliphatic carbocycles. The van der Waals surface area contributed by atoms with Crippen molar-refractivity contribution in [1.82, 2.24) is 10.5 Å². The van der Waals surface area contributed by atoms with E-state index in [9.17, 15) is 0 Å². The van der Waals surface area contributed by atoms with Gasteiger partial charge in [0.15, 0.2) is 5.82 Å². The van der Waals surface area contributed by atoms with Gasteiger partial charge in [0.2, 0.25) is 0 Å². The molecule has 0 radical (unpaired) electrons. The fourth-order valence-electron chi connectivity index (χ4n) is 1.00. The Bertz CT molecular complexity index is 245. The molecular formula is C9H17N3O. The minimum Gasteiger partial charge on any atom is -0.366 e. The number of hydrogen-bond acceptors (Lipinski definition) is 4. The van der Waals surface area contributed by atoms with E-state index in [0.29, 0.717) is 6.04 Å². The second-order valence-corrected chi connectivity index (χ2v) is 3.36. The van der Waals surface area contributed by atoms with Gasteiger partial charge in [-0.1, -0.05) is 19.0 Å². The van der Waals surface area contributed by atoms with Gasteiger partial charge in [0.25, 0.3) is 0 Å². The van der Waals surface area contributed by atoms with Crippen molar-refractivity contribution in [3.8, 4) is 0 Å². The Morgan fingerprint density at radius 3 is 2.77 bits per heavy atom. The lowest BCUT2D eigenvalue weighted by Gasteiger charge is -2.07. The Labute approximate surface area is 78.7 Å². The highest BCUT2D eigenvalue weighted by Gasteiger charge is 1.97. The predicted molar refractivity (Wildman–Crippen MR) is 52.9 cm³/mol. The molecule has 0 atom stereocenters. The van der Waals surface area contributed by atoms with Crippen LogP contribution >= 0.6 is 0 Å². The highest BCUT2D eigenvalue weighted by Crippen LogP contribution is 2.05. The van der Waals surface area contributed by atoms with Gasteiger partial charge in [-0.15, -0.1) is 0 Å². The Hall–Kier alpha value is -1.03. The Morgan fingerprint density at radius 2 is 2.23 bits per heavy atom. The fourth-order valence-corrected chi connectivity index (χ4v) is 1.00. The van der Waals surface area contributed by atoms with Gasteiger partial charge in [0.05, 0.1) is 0 Å². The normalized spacial score (nSPS) is 10.8.